The van der Waals surface area contributed by atoms with E-state index in [1.54, 1.807) is 13.0 Å². The molecule has 0 bridgehead atoms. The summed E-state index contributed by atoms with van der Waals surface area (Å²) in [5, 5.41) is 9.73. The molecule has 0 atom stereocenters. The number of carbonyl (C=O) groups is 1. The third-order valence-electron chi connectivity index (χ3n) is 2.29. The van der Waals surface area contributed by atoms with E-state index in [1.165, 1.54) is 0 Å². The van der Waals surface area contributed by atoms with E-state index in [0.717, 1.165) is 10.9 Å². The van der Waals surface area contributed by atoms with Gasteiger partial charge in [-0.1, -0.05) is 0 Å². The Morgan fingerprint density at radius 1 is 1.47 bits per heavy atom. The fraction of sp³-hybridized carbons (Fsp3) is 0.167. The number of Topliss-reactive ketones (excluding diaryl/α,β-unsaturated/α-hetero) is 1. The number of aromatic nitrogens is 1. The number of carbonyl (C=O) groups excluding carboxylic acids is 1. The molecule has 1 heterocycles. The van der Waals surface area contributed by atoms with Gasteiger partial charge in [-0.25, -0.2) is 0 Å². The lowest BCUT2D eigenvalue weighted by Gasteiger charge is -2.01. The second-order valence-corrected chi connectivity index (χ2v) is 3.53. The molecule has 0 spiro atoms. The molecule has 0 saturated carbocycles. The van der Waals surface area contributed by atoms with Gasteiger partial charge in [0, 0.05) is 17.1 Å². The number of benzene rings is 1. The molecule has 15 heavy (non-hydrogen) atoms. The molecular formula is C12H10N2O. The molecule has 0 radical (unpaired) electrons. The van der Waals surface area contributed by atoms with Crippen LogP contribution in [0.3, 0.4) is 0 Å². The predicted octanol–water partition coefficient (Wildman–Crippen LogP) is 2.10. The van der Waals surface area contributed by atoms with Crippen molar-refractivity contribution in [3.8, 4) is 6.07 Å². The molecule has 0 fully saturated rings. The highest BCUT2D eigenvalue weighted by atomic mass is 16.1. The Bertz CT molecular complexity index is 560. The first-order chi connectivity index (χ1) is 7.20. The van der Waals surface area contributed by atoms with Gasteiger partial charge in [-0.05, 0) is 31.2 Å². The molecule has 0 N–H and O–H groups in total. The van der Waals surface area contributed by atoms with Crippen LogP contribution in [0.25, 0.3) is 10.9 Å². The topological polar surface area (TPSA) is 45.8 Å². The number of ketones is 1. The maximum absolute atomic E-state index is 11.0. The Morgan fingerprint density at radius 3 is 2.93 bits per heavy atom. The summed E-state index contributed by atoms with van der Waals surface area (Å²) in [6.45, 7) is 1.95. The highest BCUT2D eigenvalue weighted by Gasteiger charge is 2.03. The Balaban J connectivity index is 2.53. The summed E-state index contributed by atoms with van der Waals surface area (Å²) in [6, 6.07) is 9.47. The van der Waals surface area contributed by atoms with Crippen LogP contribution in [0.2, 0.25) is 0 Å². The van der Waals surface area contributed by atoms with Gasteiger partial charge in [0.05, 0.1) is 18.2 Å². The quantitative estimate of drug-likeness (QED) is 0.741. The minimum Gasteiger partial charge on any atom is -0.340 e. The lowest BCUT2D eigenvalue weighted by molar-refractivity contribution is -0.117. The Morgan fingerprint density at radius 2 is 2.27 bits per heavy atom. The van der Waals surface area contributed by atoms with Crippen LogP contribution in [0, 0.1) is 11.3 Å². The first kappa shape index (κ1) is 9.47. The lowest BCUT2D eigenvalue weighted by Crippen LogP contribution is -2.04. The van der Waals surface area contributed by atoms with Crippen LogP contribution in [0.5, 0.6) is 0 Å². The molecule has 74 valence electrons. The number of rotatable bonds is 2. The summed E-state index contributed by atoms with van der Waals surface area (Å²) in [5.41, 5.74) is 1.63. The molecule has 2 rings (SSSR count). The summed E-state index contributed by atoms with van der Waals surface area (Å²) in [7, 11) is 0. The monoisotopic (exact) mass is 198 g/mol. The van der Waals surface area contributed by atoms with Crippen molar-refractivity contribution in [2.24, 2.45) is 0 Å². The summed E-state index contributed by atoms with van der Waals surface area (Å²) >= 11 is 0. The van der Waals surface area contributed by atoms with Crippen molar-refractivity contribution in [1.82, 2.24) is 4.57 Å². The molecule has 0 aliphatic heterocycles. The van der Waals surface area contributed by atoms with Gasteiger partial charge in [0.15, 0.2) is 0 Å². The van der Waals surface area contributed by atoms with Gasteiger partial charge < -0.3 is 4.57 Å². The zero-order valence-corrected chi connectivity index (χ0v) is 8.40. The highest BCUT2D eigenvalue weighted by molar-refractivity contribution is 5.84. The van der Waals surface area contributed by atoms with E-state index < -0.39 is 0 Å². The first-order valence-corrected chi connectivity index (χ1v) is 4.69. The molecule has 3 heteroatoms. The van der Waals surface area contributed by atoms with Crippen LogP contribution in [-0.4, -0.2) is 10.4 Å². The van der Waals surface area contributed by atoms with Crippen LogP contribution in [0.1, 0.15) is 12.5 Å². The van der Waals surface area contributed by atoms with Crippen molar-refractivity contribution < 1.29 is 4.79 Å². The van der Waals surface area contributed by atoms with Crippen molar-refractivity contribution in [3.63, 3.8) is 0 Å². The molecule has 2 aromatic rings. The van der Waals surface area contributed by atoms with Gasteiger partial charge in [-0.15, -0.1) is 0 Å². The summed E-state index contributed by atoms with van der Waals surface area (Å²) in [6.07, 6.45) is 1.87. The second kappa shape index (κ2) is 3.58. The molecule has 0 aliphatic rings. The summed E-state index contributed by atoms with van der Waals surface area (Å²) < 4.78 is 1.89. The van der Waals surface area contributed by atoms with Gasteiger partial charge in [-0.2, -0.15) is 5.26 Å². The van der Waals surface area contributed by atoms with Crippen molar-refractivity contribution in [3.05, 3.63) is 36.0 Å². The first-order valence-electron chi connectivity index (χ1n) is 4.69. The maximum atomic E-state index is 11.0. The van der Waals surface area contributed by atoms with Crippen molar-refractivity contribution in [2.45, 2.75) is 13.5 Å². The highest BCUT2D eigenvalue weighted by Crippen LogP contribution is 2.17. The Kier molecular flexibility index (Phi) is 2.26. The zero-order chi connectivity index (χ0) is 10.8. The van der Waals surface area contributed by atoms with E-state index >= 15 is 0 Å². The number of nitriles is 1. The Labute approximate surface area is 87.5 Å². The molecule has 0 aliphatic carbocycles. The SMILES string of the molecule is CC(=O)Cn1ccc2cc(C#N)ccc21. The minimum absolute atomic E-state index is 0.122. The molecule has 1 aromatic carbocycles. The smallest absolute Gasteiger partial charge is 0.149 e. The molecule has 3 nitrogen and oxygen atoms in total. The largest absolute Gasteiger partial charge is 0.340 e. The zero-order valence-electron chi connectivity index (χ0n) is 8.40. The number of fused-ring (bicyclic) bond motifs is 1. The van der Waals surface area contributed by atoms with Gasteiger partial charge in [0.1, 0.15) is 5.78 Å². The molecule has 1 aromatic heterocycles. The van der Waals surface area contributed by atoms with E-state index in [9.17, 15) is 4.79 Å². The van der Waals surface area contributed by atoms with E-state index in [4.69, 9.17) is 5.26 Å². The molecular weight excluding hydrogens is 188 g/mol. The molecule has 0 saturated heterocycles. The minimum atomic E-state index is 0.122. The van der Waals surface area contributed by atoms with Crippen LogP contribution in [0.4, 0.5) is 0 Å². The summed E-state index contributed by atoms with van der Waals surface area (Å²) in [4.78, 5) is 11.0. The van der Waals surface area contributed by atoms with Crippen molar-refractivity contribution >= 4 is 16.7 Å². The van der Waals surface area contributed by atoms with E-state index in [1.807, 2.05) is 29.0 Å². The van der Waals surface area contributed by atoms with Gasteiger partial charge in [0.25, 0.3) is 0 Å². The summed E-state index contributed by atoms with van der Waals surface area (Å²) in [5.74, 6) is 0.122. The number of nitrogens with zero attached hydrogens (tertiary/aromatic N) is 2. The molecule has 0 amide bonds. The second-order valence-electron chi connectivity index (χ2n) is 3.53. The normalized spacial score (nSPS) is 10.1. The van der Waals surface area contributed by atoms with Gasteiger partial charge >= 0.3 is 0 Å². The lowest BCUT2D eigenvalue weighted by atomic mass is 10.2. The molecule has 0 unspecified atom stereocenters. The Hall–Kier alpha value is -2.08. The third kappa shape index (κ3) is 1.75. The van der Waals surface area contributed by atoms with Crippen molar-refractivity contribution in [2.75, 3.05) is 0 Å². The van der Waals surface area contributed by atoms with E-state index in [-0.39, 0.29) is 5.78 Å². The fourth-order valence-corrected chi connectivity index (χ4v) is 1.65. The van der Waals surface area contributed by atoms with Crippen LogP contribution in [0.15, 0.2) is 30.5 Å². The fourth-order valence-electron chi connectivity index (χ4n) is 1.65. The maximum Gasteiger partial charge on any atom is 0.149 e. The van der Waals surface area contributed by atoms with E-state index in [2.05, 4.69) is 6.07 Å². The standard InChI is InChI=1S/C12H10N2O/c1-9(15)8-14-5-4-11-6-10(7-13)2-3-12(11)14/h2-6H,8H2,1H3. The van der Waals surface area contributed by atoms with E-state index in [0.29, 0.717) is 12.1 Å². The van der Waals surface area contributed by atoms with Crippen molar-refractivity contribution in [1.29, 1.82) is 5.26 Å². The third-order valence-corrected chi connectivity index (χ3v) is 2.29. The van der Waals surface area contributed by atoms with Crippen LogP contribution < -0.4 is 0 Å². The average molecular weight is 198 g/mol. The number of hydrogen-bond donors (Lipinski definition) is 0. The van der Waals surface area contributed by atoms with Gasteiger partial charge in [-0.3, -0.25) is 4.79 Å². The van der Waals surface area contributed by atoms with Crippen LogP contribution in [-0.2, 0) is 11.3 Å². The predicted molar refractivity (Wildman–Crippen MR) is 57.3 cm³/mol. The van der Waals surface area contributed by atoms with Crippen LogP contribution >= 0.6 is 0 Å². The average Bonchev–Trinajstić information content (AvgIpc) is 2.60. The number of hydrogen-bond acceptors (Lipinski definition) is 2. The van der Waals surface area contributed by atoms with Gasteiger partial charge in [0.2, 0.25) is 0 Å².